The van der Waals surface area contributed by atoms with Gasteiger partial charge in [-0.1, -0.05) is 25.1 Å². The second-order valence-electron chi connectivity index (χ2n) is 6.28. The Kier molecular flexibility index (Phi) is 6.76. The number of rotatable bonds is 9. The number of hydrogen-bond acceptors (Lipinski definition) is 9. The summed E-state index contributed by atoms with van der Waals surface area (Å²) in [7, 11) is 0. The molecule has 0 aliphatic carbocycles. The first kappa shape index (κ1) is 20.7. The number of ether oxygens (including phenoxy) is 1. The van der Waals surface area contributed by atoms with Crippen molar-refractivity contribution in [3.63, 3.8) is 0 Å². The summed E-state index contributed by atoms with van der Waals surface area (Å²) in [5, 5.41) is 13.8. The summed E-state index contributed by atoms with van der Waals surface area (Å²) >= 11 is 1.49. The molecule has 0 saturated carbocycles. The third kappa shape index (κ3) is 4.89. The van der Waals surface area contributed by atoms with Gasteiger partial charge in [-0.05, 0) is 31.2 Å². The smallest absolute Gasteiger partial charge is 0.344 e. The molecule has 9 nitrogen and oxygen atoms in total. The molecule has 0 atom stereocenters. The molecule has 3 rings (SSSR count). The lowest BCUT2D eigenvalue weighted by molar-refractivity contribution is -0.135. The Bertz CT molecular complexity index is 963. The molecule has 1 amide bonds. The maximum absolute atomic E-state index is 12.6. The van der Waals surface area contributed by atoms with Crippen LogP contribution in [0.1, 0.15) is 48.0 Å². The highest BCUT2D eigenvalue weighted by Gasteiger charge is 2.23. The molecule has 0 aromatic carbocycles. The van der Waals surface area contributed by atoms with Crippen molar-refractivity contribution in [1.29, 1.82) is 0 Å². The fourth-order valence-corrected chi connectivity index (χ4v) is 3.40. The number of aromatic nitrogens is 3. The first-order chi connectivity index (χ1) is 14.0. The van der Waals surface area contributed by atoms with Gasteiger partial charge in [0, 0.05) is 6.54 Å². The highest BCUT2D eigenvalue weighted by molar-refractivity contribution is 7.13. The van der Waals surface area contributed by atoms with Gasteiger partial charge in [0.05, 0.1) is 17.1 Å². The molecule has 154 valence electrons. The molecule has 29 heavy (non-hydrogen) atoms. The normalized spacial score (nSPS) is 10.9. The van der Waals surface area contributed by atoms with Gasteiger partial charge in [-0.15, -0.1) is 21.5 Å². The molecule has 0 bridgehead atoms. The van der Waals surface area contributed by atoms with Crippen LogP contribution in [-0.4, -0.2) is 45.3 Å². The van der Waals surface area contributed by atoms with Crippen LogP contribution < -0.4 is 0 Å². The number of aryl methyl sites for hydroxylation is 2. The van der Waals surface area contributed by atoms with E-state index in [9.17, 15) is 9.59 Å². The Labute approximate surface area is 171 Å². The molecule has 3 aromatic rings. The summed E-state index contributed by atoms with van der Waals surface area (Å²) in [6, 6.07) is 3.78. The minimum Gasteiger partial charge on any atom is -0.452 e. The highest BCUT2D eigenvalue weighted by Crippen LogP contribution is 2.23. The van der Waals surface area contributed by atoms with E-state index in [4.69, 9.17) is 13.7 Å². The molecular weight excluding hydrogens is 396 g/mol. The Balaban J connectivity index is 1.62. The van der Waals surface area contributed by atoms with Crippen molar-refractivity contribution >= 4 is 23.2 Å². The fourth-order valence-electron chi connectivity index (χ4n) is 2.75. The Hall–Kier alpha value is -3.01. The summed E-state index contributed by atoms with van der Waals surface area (Å²) in [5.74, 6) is 0.146. The monoisotopic (exact) mass is 418 g/mol. The third-order valence-corrected chi connectivity index (χ3v) is 5.03. The van der Waals surface area contributed by atoms with Crippen molar-refractivity contribution < 1.29 is 23.3 Å². The Morgan fingerprint density at radius 1 is 1.28 bits per heavy atom. The average molecular weight is 418 g/mol. The predicted octanol–water partition coefficient (Wildman–Crippen LogP) is 3.25. The lowest BCUT2D eigenvalue weighted by Crippen LogP contribution is -2.35. The number of amides is 1. The molecule has 0 aliphatic rings. The maximum atomic E-state index is 12.6. The molecule has 0 aliphatic heterocycles. The van der Waals surface area contributed by atoms with E-state index < -0.39 is 12.6 Å². The standard InChI is InChI=1S/C19H22N4O5S/c1-4-8-23(10-15-20-21-18(27-15)14-7-6-9-29-14)16(24)11-26-19(25)17-12(3)28-22-13(17)5-2/h6-7,9H,4-5,8,10-11H2,1-3H3. The Morgan fingerprint density at radius 3 is 2.79 bits per heavy atom. The van der Waals surface area contributed by atoms with Gasteiger partial charge in [0.25, 0.3) is 11.8 Å². The maximum Gasteiger partial charge on any atom is 0.344 e. The molecule has 0 radical (unpaired) electrons. The minimum absolute atomic E-state index is 0.148. The van der Waals surface area contributed by atoms with Crippen LogP contribution in [0, 0.1) is 6.92 Å². The highest BCUT2D eigenvalue weighted by atomic mass is 32.1. The van der Waals surface area contributed by atoms with Crippen LogP contribution in [-0.2, 0) is 22.5 Å². The largest absolute Gasteiger partial charge is 0.452 e. The quantitative estimate of drug-likeness (QED) is 0.487. The zero-order valence-electron chi connectivity index (χ0n) is 16.5. The van der Waals surface area contributed by atoms with E-state index in [-0.39, 0.29) is 18.0 Å². The fraction of sp³-hybridized carbons (Fsp3) is 0.421. The zero-order valence-corrected chi connectivity index (χ0v) is 17.3. The molecule has 3 heterocycles. The van der Waals surface area contributed by atoms with Gasteiger partial charge in [0.1, 0.15) is 11.3 Å². The van der Waals surface area contributed by atoms with Gasteiger partial charge >= 0.3 is 5.97 Å². The predicted molar refractivity (Wildman–Crippen MR) is 104 cm³/mol. The van der Waals surface area contributed by atoms with Crippen LogP contribution >= 0.6 is 11.3 Å². The van der Waals surface area contributed by atoms with E-state index in [1.165, 1.54) is 16.2 Å². The van der Waals surface area contributed by atoms with Crippen LogP contribution in [0.25, 0.3) is 10.8 Å². The van der Waals surface area contributed by atoms with Crippen molar-refractivity contribution in [1.82, 2.24) is 20.3 Å². The van der Waals surface area contributed by atoms with Gasteiger partial charge in [0.15, 0.2) is 6.61 Å². The van der Waals surface area contributed by atoms with E-state index in [1.807, 2.05) is 31.4 Å². The van der Waals surface area contributed by atoms with Gasteiger partial charge in [0.2, 0.25) is 5.89 Å². The van der Waals surface area contributed by atoms with Crippen LogP contribution in [0.4, 0.5) is 0 Å². The third-order valence-electron chi connectivity index (χ3n) is 4.17. The first-order valence-corrected chi connectivity index (χ1v) is 10.2. The molecule has 0 spiro atoms. The zero-order chi connectivity index (χ0) is 20.8. The van der Waals surface area contributed by atoms with E-state index >= 15 is 0 Å². The van der Waals surface area contributed by atoms with Crippen molar-refractivity contribution in [3.05, 3.63) is 40.4 Å². The lowest BCUT2D eigenvalue weighted by atomic mass is 10.1. The lowest BCUT2D eigenvalue weighted by Gasteiger charge is -2.20. The average Bonchev–Trinajstić information content (AvgIpc) is 3.45. The molecular formula is C19H22N4O5S. The van der Waals surface area contributed by atoms with Crippen molar-refractivity contribution in [2.24, 2.45) is 0 Å². The molecule has 0 saturated heterocycles. The summed E-state index contributed by atoms with van der Waals surface area (Å²) < 4.78 is 15.9. The second kappa shape index (κ2) is 9.46. The molecule has 0 fully saturated rings. The van der Waals surface area contributed by atoms with Crippen molar-refractivity contribution in [2.45, 2.75) is 40.2 Å². The minimum atomic E-state index is -0.622. The van der Waals surface area contributed by atoms with Crippen LogP contribution in [0.3, 0.4) is 0 Å². The summed E-state index contributed by atoms with van der Waals surface area (Å²) in [5.41, 5.74) is 0.789. The molecule has 10 heteroatoms. The van der Waals surface area contributed by atoms with Crippen LogP contribution in [0.5, 0.6) is 0 Å². The summed E-state index contributed by atoms with van der Waals surface area (Å²) in [6.45, 7) is 5.67. The van der Waals surface area contributed by atoms with Gasteiger partial charge in [-0.2, -0.15) is 0 Å². The number of esters is 1. The molecule has 0 unspecified atom stereocenters. The SMILES string of the molecule is CCCN(Cc1nnc(-c2cccs2)o1)C(=O)COC(=O)c1c(CC)noc1C. The van der Waals surface area contributed by atoms with E-state index in [1.54, 1.807) is 6.92 Å². The van der Waals surface area contributed by atoms with Crippen LogP contribution in [0.15, 0.2) is 26.5 Å². The number of thiophene rings is 1. The van der Waals surface area contributed by atoms with Gasteiger partial charge in [-0.25, -0.2) is 4.79 Å². The second-order valence-corrected chi connectivity index (χ2v) is 7.23. The van der Waals surface area contributed by atoms with Crippen molar-refractivity contribution in [2.75, 3.05) is 13.2 Å². The molecule has 3 aromatic heterocycles. The number of hydrogen-bond donors (Lipinski definition) is 0. The first-order valence-electron chi connectivity index (χ1n) is 9.29. The number of nitrogens with zero attached hydrogens (tertiary/aromatic N) is 4. The van der Waals surface area contributed by atoms with Gasteiger partial charge < -0.3 is 18.6 Å². The topological polar surface area (TPSA) is 112 Å². The summed E-state index contributed by atoms with van der Waals surface area (Å²) in [4.78, 5) is 27.4. The Morgan fingerprint density at radius 2 is 2.10 bits per heavy atom. The van der Waals surface area contributed by atoms with Crippen molar-refractivity contribution in [3.8, 4) is 10.8 Å². The van der Waals surface area contributed by atoms with E-state index in [0.717, 1.165) is 11.3 Å². The van der Waals surface area contributed by atoms with E-state index in [0.29, 0.717) is 36.2 Å². The van der Waals surface area contributed by atoms with Crippen LogP contribution in [0.2, 0.25) is 0 Å². The molecule has 0 N–H and O–H groups in total. The number of carbonyl (C=O) groups excluding carboxylic acids is 2. The number of carbonyl (C=O) groups is 2. The van der Waals surface area contributed by atoms with E-state index in [2.05, 4.69) is 15.4 Å². The summed E-state index contributed by atoms with van der Waals surface area (Å²) in [6.07, 6.45) is 1.26. The van der Waals surface area contributed by atoms with Gasteiger partial charge in [-0.3, -0.25) is 4.79 Å².